The molecule has 0 N–H and O–H groups in total. The number of nitrogens with zero attached hydrogens (tertiary/aromatic N) is 4. The average Bonchev–Trinajstić information content (AvgIpc) is 3.11. The normalized spacial score (nSPS) is 12.5. The van der Waals surface area contributed by atoms with E-state index in [9.17, 15) is 62.1 Å². The van der Waals surface area contributed by atoms with Crippen molar-refractivity contribution >= 4 is 96.9 Å². The van der Waals surface area contributed by atoms with Crippen LogP contribution in [0.2, 0.25) is 0 Å². The van der Waals surface area contributed by atoms with Gasteiger partial charge in [0.15, 0.2) is 0 Å². The maximum absolute atomic E-state index is 12.6. The molecule has 0 heterocycles. The van der Waals surface area contributed by atoms with E-state index in [4.69, 9.17) is 0 Å². The summed E-state index contributed by atoms with van der Waals surface area (Å²) in [6.45, 7) is 0. The third-order valence-corrected chi connectivity index (χ3v) is 11.4. The van der Waals surface area contributed by atoms with Crippen molar-refractivity contribution in [2.24, 2.45) is 20.5 Å². The Kier molecular flexibility index (Phi) is 15.7. The third kappa shape index (κ3) is 11.5. The predicted molar refractivity (Wildman–Crippen MR) is 189 cm³/mol. The van der Waals surface area contributed by atoms with Crippen LogP contribution < -0.4 is 39.8 Å². The van der Waals surface area contributed by atoms with Crippen molar-refractivity contribution in [2.45, 2.75) is 19.6 Å². The van der Waals surface area contributed by atoms with Crippen LogP contribution in [0.15, 0.2) is 137 Å². The van der Waals surface area contributed by atoms with Crippen molar-refractivity contribution < 1.29 is 126 Å². The Morgan fingerprint density at radius 1 is 0.424 bits per heavy atom. The van der Waals surface area contributed by atoms with Gasteiger partial charge in [-0.3, -0.25) is 0 Å². The Morgan fingerprint density at radius 3 is 1.10 bits per heavy atom. The van der Waals surface area contributed by atoms with Crippen molar-refractivity contribution in [3.63, 3.8) is 0 Å². The van der Waals surface area contributed by atoms with Crippen LogP contribution in [0.3, 0.4) is 0 Å². The quantitative estimate of drug-likeness (QED) is 0.0818. The summed E-state index contributed by atoms with van der Waals surface area (Å²) in [6, 6.07) is 17.2. The zero-order valence-corrected chi connectivity index (χ0v) is 36.3. The van der Waals surface area contributed by atoms with Crippen molar-refractivity contribution in [1.82, 2.24) is 0 Å². The molecule has 0 amide bonds. The zero-order valence-electron chi connectivity index (χ0n) is 29.1. The van der Waals surface area contributed by atoms with E-state index in [1.54, 1.807) is 0 Å². The second kappa shape index (κ2) is 18.8. The molecule has 59 heavy (non-hydrogen) atoms. The second-order valence-corrected chi connectivity index (χ2v) is 17.0. The van der Waals surface area contributed by atoms with Crippen LogP contribution in [0.25, 0.3) is 33.7 Å². The Balaban J connectivity index is 0.00000310. The molecule has 0 spiro atoms. The summed E-state index contributed by atoms with van der Waals surface area (Å²) in [6.07, 6.45) is 2.05. The average molecular weight is 985 g/mol. The van der Waals surface area contributed by atoms with Gasteiger partial charge in [-0.25, -0.2) is 33.7 Å². The van der Waals surface area contributed by atoms with Gasteiger partial charge in [0, 0.05) is 10.8 Å². The molecule has 0 aromatic heterocycles. The van der Waals surface area contributed by atoms with Gasteiger partial charge < -0.3 is 28.4 Å². The zero-order chi connectivity index (χ0) is 40.8. The van der Waals surface area contributed by atoms with Gasteiger partial charge in [0.25, 0.3) is 0 Å². The molecule has 0 aliphatic carbocycles. The molecule has 0 fully saturated rings. The standard InChI is InChI=1S/C34H24N4O14S4.2Cu.Na/c39-29-13-5-21-15-25(53(41,42)43)9-11-27(21)33(29)37-35-23-7-3-19(31(17-23)55(47,48)49)1-2-20-4-8-24(18-32(20)56(50,51)52)36-38-34-28-12-10-26(54(44,45)46)16-22(28)6-14-30(34)40;;;/h1-18,39-40H,(H,41,42,43)(H,44,45,46)(H,47,48,49)(H,50,51,52);;;/q;2*+2;+1/p-6. The van der Waals surface area contributed by atoms with Gasteiger partial charge in [0.1, 0.15) is 40.5 Å². The summed E-state index contributed by atoms with van der Waals surface area (Å²) in [5, 5.41) is 41.1. The summed E-state index contributed by atoms with van der Waals surface area (Å²) in [5.74, 6) is -1.32. The van der Waals surface area contributed by atoms with Crippen LogP contribution in [0, 0.1) is 0 Å². The number of hydrogen-bond donors (Lipinski definition) is 0. The molecule has 0 atom stereocenters. The molecule has 0 bridgehead atoms. The van der Waals surface area contributed by atoms with Gasteiger partial charge in [-0.15, -0.1) is 0 Å². The minimum atomic E-state index is -5.24. The number of rotatable bonds is 10. The summed E-state index contributed by atoms with van der Waals surface area (Å²) in [7, 11) is -20.1. The van der Waals surface area contributed by atoms with E-state index in [1.807, 2.05) is 0 Å². The van der Waals surface area contributed by atoms with Crippen molar-refractivity contribution in [2.75, 3.05) is 0 Å². The third-order valence-electron chi connectivity index (χ3n) is 7.94. The first kappa shape index (κ1) is 49.4. The van der Waals surface area contributed by atoms with E-state index in [1.165, 1.54) is 36.4 Å². The fraction of sp³-hybridized carbons (Fsp3) is 0. The van der Waals surface area contributed by atoms with Crippen LogP contribution in [0.4, 0.5) is 22.7 Å². The molecule has 0 aliphatic rings. The molecule has 306 valence electrons. The molecule has 0 aliphatic heterocycles. The van der Waals surface area contributed by atoms with Gasteiger partial charge in [-0.05, 0) is 70.4 Å². The Hall–Kier alpha value is -3.94. The van der Waals surface area contributed by atoms with Gasteiger partial charge in [0.05, 0.1) is 42.3 Å². The first-order valence-corrected chi connectivity index (χ1v) is 20.8. The van der Waals surface area contributed by atoms with E-state index < -0.39 is 71.6 Å². The van der Waals surface area contributed by atoms with E-state index >= 15 is 0 Å². The largest absolute Gasteiger partial charge is 2.00 e. The van der Waals surface area contributed by atoms with Gasteiger partial charge in [-0.1, -0.05) is 72.2 Å². The summed E-state index contributed by atoms with van der Waals surface area (Å²) >= 11 is 0. The van der Waals surface area contributed by atoms with E-state index in [2.05, 4.69) is 20.5 Å². The first-order valence-electron chi connectivity index (χ1n) is 15.2. The van der Waals surface area contributed by atoms with Crippen molar-refractivity contribution in [3.05, 3.63) is 108 Å². The van der Waals surface area contributed by atoms with Crippen LogP contribution in [-0.4, -0.2) is 51.9 Å². The monoisotopic (exact) mass is 983 g/mol. The van der Waals surface area contributed by atoms with Gasteiger partial charge in [-0.2, -0.15) is 20.5 Å². The van der Waals surface area contributed by atoms with E-state index in [0.717, 1.165) is 72.8 Å². The molecular formula is C34H18Cu2N4NaO14S4-. The smallest absolute Gasteiger partial charge is 0.871 e. The molecule has 18 nitrogen and oxygen atoms in total. The Labute approximate surface area is 379 Å². The topological polar surface area (TPSA) is 324 Å². The van der Waals surface area contributed by atoms with Crippen molar-refractivity contribution in [1.29, 1.82) is 0 Å². The molecule has 6 aromatic rings. The Morgan fingerprint density at radius 2 is 0.780 bits per heavy atom. The molecule has 0 saturated carbocycles. The van der Waals surface area contributed by atoms with Gasteiger partial charge in [0.2, 0.25) is 0 Å². The molecule has 6 rings (SSSR count). The predicted octanol–water partition coefficient (Wildman–Crippen LogP) is 1.76. The number of hydrogen-bond acceptors (Lipinski definition) is 18. The molecule has 2 radical (unpaired) electrons. The number of benzene rings is 6. The fourth-order valence-corrected chi connectivity index (χ4v) is 7.73. The molecule has 25 heteroatoms. The van der Waals surface area contributed by atoms with Crippen LogP contribution in [0.1, 0.15) is 11.1 Å². The van der Waals surface area contributed by atoms with Crippen molar-refractivity contribution in [3.8, 4) is 11.5 Å². The van der Waals surface area contributed by atoms with Crippen LogP contribution in [0.5, 0.6) is 11.5 Å². The molecule has 0 saturated heterocycles. The number of azo groups is 2. The maximum Gasteiger partial charge on any atom is 2.00 e. The maximum atomic E-state index is 12.6. The van der Waals surface area contributed by atoms with E-state index in [-0.39, 0.29) is 119 Å². The first-order chi connectivity index (χ1) is 26.1. The Bertz CT molecular complexity index is 2970. The minimum Gasteiger partial charge on any atom is -0.871 e. The minimum absolute atomic E-state index is 0. The molecule has 0 unspecified atom stereocenters. The fourth-order valence-electron chi connectivity index (χ4n) is 5.33. The van der Waals surface area contributed by atoms with Crippen LogP contribution in [-0.2, 0) is 74.6 Å². The summed E-state index contributed by atoms with van der Waals surface area (Å²) < 4.78 is 142. The summed E-state index contributed by atoms with van der Waals surface area (Å²) in [4.78, 5) is -2.81. The van der Waals surface area contributed by atoms with Crippen LogP contribution >= 0.6 is 0 Å². The SMILES string of the molecule is O=S(=O)([O-])c1ccc2c(N=Nc3ccc(C=Cc4ccc(N=Nc5c([O-])ccc6cc(S(=O)(=O)[O-])ccc56)cc4S(=O)(=O)[O-])c(S(=O)(=O)[O-])c3)c([O-])ccc2c1.[Cu+2].[Cu+2].[Na+]. The second-order valence-electron chi connectivity index (χ2n) is 11.6. The van der Waals surface area contributed by atoms with E-state index in [0.29, 0.717) is 0 Å². The number of fused-ring (bicyclic) bond motifs is 2. The van der Waals surface area contributed by atoms with Gasteiger partial charge >= 0.3 is 63.7 Å². The molecular weight excluding hydrogens is 967 g/mol. The summed E-state index contributed by atoms with van der Waals surface area (Å²) in [5.41, 5.74) is -1.59. The molecule has 6 aromatic carbocycles.